The third kappa shape index (κ3) is 2.85. The number of rotatable bonds is 3. The summed E-state index contributed by atoms with van der Waals surface area (Å²) in [5.41, 5.74) is 1.78. The van der Waals surface area contributed by atoms with Crippen molar-refractivity contribution >= 4 is 0 Å². The molecule has 2 nitrogen and oxygen atoms in total. The number of nitriles is 1. The van der Waals surface area contributed by atoms with E-state index in [1.54, 1.807) is 12.1 Å². The number of hydrogen-bond acceptors (Lipinski definition) is 2. The smallest absolute Gasteiger partial charge is 0.121 e. The molecule has 0 aliphatic rings. The molecule has 0 radical (unpaired) electrons. The minimum atomic E-state index is 0.00383. The standard InChI is InChI=1S/C15H13NO/c1-12(14-5-3-2-4-6-14)17-15-9-7-13(11-16)8-10-15/h2-10,12H,1H3/t12-/m1/s1. The van der Waals surface area contributed by atoms with Crippen LogP contribution in [0, 0.1) is 11.3 Å². The van der Waals surface area contributed by atoms with Crippen LogP contribution in [-0.2, 0) is 0 Å². The lowest BCUT2D eigenvalue weighted by Crippen LogP contribution is -2.02. The Kier molecular flexibility index (Phi) is 3.42. The molecule has 0 saturated carbocycles. The minimum Gasteiger partial charge on any atom is -0.486 e. The first-order valence-corrected chi connectivity index (χ1v) is 5.51. The van der Waals surface area contributed by atoms with Gasteiger partial charge in [0.05, 0.1) is 11.6 Å². The molecule has 2 aromatic carbocycles. The predicted octanol–water partition coefficient (Wildman–Crippen LogP) is 3.70. The third-order valence-electron chi connectivity index (χ3n) is 2.57. The van der Waals surface area contributed by atoms with Gasteiger partial charge in [-0.25, -0.2) is 0 Å². The lowest BCUT2D eigenvalue weighted by molar-refractivity contribution is 0.227. The van der Waals surface area contributed by atoms with E-state index in [4.69, 9.17) is 10.00 Å². The minimum absolute atomic E-state index is 0.00383. The summed E-state index contributed by atoms with van der Waals surface area (Å²) in [7, 11) is 0. The lowest BCUT2D eigenvalue weighted by atomic mass is 10.1. The van der Waals surface area contributed by atoms with Crippen molar-refractivity contribution in [1.82, 2.24) is 0 Å². The third-order valence-corrected chi connectivity index (χ3v) is 2.57. The molecule has 0 unspecified atom stereocenters. The quantitative estimate of drug-likeness (QED) is 0.794. The molecule has 2 rings (SSSR count). The molecule has 0 spiro atoms. The van der Waals surface area contributed by atoms with Crippen LogP contribution in [0.25, 0.3) is 0 Å². The molecule has 0 heterocycles. The summed E-state index contributed by atoms with van der Waals surface area (Å²) in [4.78, 5) is 0. The van der Waals surface area contributed by atoms with Crippen LogP contribution in [0.4, 0.5) is 0 Å². The molecule has 0 amide bonds. The van der Waals surface area contributed by atoms with Crippen LogP contribution in [0.15, 0.2) is 54.6 Å². The van der Waals surface area contributed by atoms with Crippen molar-refractivity contribution in [3.63, 3.8) is 0 Å². The van der Waals surface area contributed by atoms with Gasteiger partial charge in [0.2, 0.25) is 0 Å². The van der Waals surface area contributed by atoms with Crippen molar-refractivity contribution in [3.05, 3.63) is 65.7 Å². The largest absolute Gasteiger partial charge is 0.486 e. The van der Waals surface area contributed by atoms with E-state index in [-0.39, 0.29) is 6.10 Å². The maximum atomic E-state index is 8.70. The van der Waals surface area contributed by atoms with Crippen LogP contribution in [0.5, 0.6) is 5.75 Å². The van der Waals surface area contributed by atoms with Gasteiger partial charge in [-0.3, -0.25) is 0 Å². The van der Waals surface area contributed by atoms with E-state index in [0.29, 0.717) is 5.56 Å². The van der Waals surface area contributed by atoms with Gasteiger partial charge < -0.3 is 4.74 Å². The highest BCUT2D eigenvalue weighted by molar-refractivity contribution is 5.35. The molecular formula is C15H13NO. The summed E-state index contributed by atoms with van der Waals surface area (Å²) >= 11 is 0. The van der Waals surface area contributed by atoms with Crippen molar-refractivity contribution < 1.29 is 4.74 Å². The van der Waals surface area contributed by atoms with E-state index in [0.717, 1.165) is 11.3 Å². The zero-order valence-electron chi connectivity index (χ0n) is 9.63. The normalized spacial score (nSPS) is 11.5. The molecule has 84 valence electrons. The van der Waals surface area contributed by atoms with Crippen molar-refractivity contribution in [1.29, 1.82) is 5.26 Å². The van der Waals surface area contributed by atoms with Gasteiger partial charge in [0, 0.05) is 0 Å². The topological polar surface area (TPSA) is 33.0 Å². The molecule has 0 aliphatic carbocycles. The predicted molar refractivity (Wildman–Crippen MR) is 66.6 cm³/mol. The van der Waals surface area contributed by atoms with Crippen LogP contribution in [0.2, 0.25) is 0 Å². The lowest BCUT2D eigenvalue weighted by Gasteiger charge is -2.14. The van der Waals surface area contributed by atoms with E-state index < -0.39 is 0 Å². The van der Waals surface area contributed by atoms with E-state index in [1.807, 2.05) is 49.4 Å². The van der Waals surface area contributed by atoms with Gasteiger partial charge in [0.25, 0.3) is 0 Å². The van der Waals surface area contributed by atoms with Gasteiger partial charge in [0.1, 0.15) is 11.9 Å². The fourth-order valence-corrected chi connectivity index (χ4v) is 1.60. The van der Waals surface area contributed by atoms with Crippen LogP contribution in [0.1, 0.15) is 24.2 Å². The molecule has 0 N–H and O–H groups in total. The second kappa shape index (κ2) is 5.18. The molecule has 0 fully saturated rings. The fourth-order valence-electron chi connectivity index (χ4n) is 1.60. The first-order valence-electron chi connectivity index (χ1n) is 5.51. The van der Waals surface area contributed by atoms with Crippen molar-refractivity contribution in [2.24, 2.45) is 0 Å². The Morgan fingerprint density at radius 2 is 1.65 bits per heavy atom. The fraction of sp³-hybridized carbons (Fsp3) is 0.133. The maximum Gasteiger partial charge on any atom is 0.121 e. The Morgan fingerprint density at radius 1 is 1.00 bits per heavy atom. The van der Waals surface area contributed by atoms with Gasteiger partial charge in [0.15, 0.2) is 0 Å². The molecule has 0 saturated heterocycles. The molecular weight excluding hydrogens is 210 g/mol. The summed E-state index contributed by atoms with van der Waals surface area (Å²) in [6, 6.07) is 19.3. The SMILES string of the molecule is C[C@@H](Oc1ccc(C#N)cc1)c1ccccc1. The van der Waals surface area contributed by atoms with Crippen molar-refractivity contribution in [2.45, 2.75) is 13.0 Å². The number of ether oxygens (including phenoxy) is 1. The Labute approximate surface area is 101 Å². The van der Waals surface area contributed by atoms with E-state index >= 15 is 0 Å². The average molecular weight is 223 g/mol. The number of nitrogens with zero attached hydrogens (tertiary/aromatic N) is 1. The molecule has 0 aliphatic heterocycles. The second-order valence-corrected chi connectivity index (χ2v) is 3.81. The molecule has 0 bridgehead atoms. The van der Waals surface area contributed by atoms with Crippen LogP contribution < -0.4 is 4.74 Å². The Morgan fingerprint density at radius 3 is 2.24 bits per heavy atom. The Balaban J connectivity index is 2.08. The molecule has 2 aromatic rings. The second-order valence-electron chi connectivity index (χ2n) is 3.81. The van der Waals surface area contributed by atoms with Crippen LogP contribution in [0.3, 0.4) is 0 Å². The summed E-state index contributed by atoms with van der Waals surface area (Å²) in [5, 5.41) is 8.70. The van der Waals surface area contributed by atoms with E-state index in [1.165, 1.54) is 0 Å². The number of hydrogen-bond donors (Lipinski definition) is 0. The summed E-state index contributed by atoms with van der Waals surface area (Å²) < 4.78 is 5.79. The van der Waals surface area contributed by atoms with Crippen molar-refractivity contribution in [2.75, 3.05) is 0 Å². The van der Waals surface area contributed by atoms with Crippen molar-refractivity contribution in [3.8, 4) is 11.8 Å². The monoisotopic (exact) mass is 223 g/mol. The van der Waals surface area contributed by atoms with E-state index in [2.05, 4.69) is 6.07 Å². The van der Waals surface area contributed by atoms with Gasteiger partial charge in [-0.2, -0.15) is 5.26 Å². The molecule has 17 heavy (non-hydrogen) atoms. The van der Waals surface area contributed by atoms with Gasteiger partial charge in [-0.05, 0) is 36.8 Å². The zero-order valence-corrected chi connectivity index (χ0v) is 9.63. The molecule has 1 atom stereocenters. The maximum absolute atomic E-state index is 8.70. The van der Waals surface area contributed by atoms with E-state index in [9.17, 15) is 0 Å². The first kappa shape index (κ1) is 11.2. The average Bonchev–Trinajstić information content (AvgIpc) is 2.40. The van der Waals surface area contributed by atoms with Crippen LogP contribution >= 0.6 is 0 Å². The van der Waals surface area contributed by atoms with Crippen LogP contribution in [-0.4, -0.2) is 0 Å². The summed E-state index contributed by atoms with van der Waals surface area (Å²) in [6.07, 6.45) is 0.00383. The van der Waals surface area contributed by atoms with Gasteiger partial charge in [-0.1, -0.05) is 30.3 Å². The Bertz CT molecular complexity index is 511. The number of benzene rings is 2. The molecule has 0 aromatic heterocycles. The zero-order chi connectivity index (χ0) is 12.1. The first-order chi connectivity index (χ1) is 8.29. The summed E-state index contributed by atoms with van der Waals surface area (Å²) in [6.45, 7) is 2.01. The van der Waals surface area contributed by atoms with Gasteiger partial charge in [-0.15, -0.1) is 0 Å². The summed E-state index contributed by atoms with van der Waals surface area (Å²) in [5.74, 6) is 0.778. The van der Waals surface area contributed by atoms with Gasteiger partial charge >= 0.3 is 0 Å². The highest BCUT2D eigenvalue weighted by Gasteiger charge is 2.06. The molecule has 2 heteroatoms. The highest BCUT2D eigenvalue weighted by Crippen LogP contribution is 2.21. The Hall–Kier alpha value is -2.27. The highest BCUT2D eigenvalue weighted by atomic mass is 16.5.